The molecule has 0 amide bonds. The van der Waals surface area contributed by atoms with Crippen LogP contribution in [0.5, 0.6) is 5.75 Å². The average Bonchev–Trinajstić information content (AvgIpc) is 2.68. The van der Waals surface area contributed by atoms with Crippen LogP contribution in [0.15, 0.2) is 24.3 Å². The van der Waals surface area contributed by atoms with E-state index < -0.39 is 0 Å². The zero-order chi connectivity index (χ0) is 14.4. The van der Waals surface area contributed by atoms with Gasteiger partial charge in [0.25, 0.3) is 0 Å². The second-order valence-corrected chi connectivity index (χ2v) is 7.53. The molecular weight excluding hydrogens is 256 g/mol. The van der Waals surface area contributed by atoms with Gasteiger partial charge < -0.3 is 4.74 Å². The highest BCUT2D eigenvalue weighted by Gasteiger charge is 2.67. The Morgan fingerprint density at radius 1 is 1.00 bits per heavy atom. The molecule has 0 N–H and O–H groups in total. The van der Waals surface area contributed by atoms with E-state index in [1.165, 1.54) is 5.56 Å². The lowest BCUT2D eigenvalue weighted by atomic mass is 10.0. The lowest BCUT2D eigenvalue weighted by Crippen LogP contribution is -2.05. The summed E-state index contributed by atoms with van der Waals surface area (Å²) in [6.07, 6.45) is 0.207. The molecule has 1 saturated carbocycles. The summed E-state index contributed by atoms with van der Waals surface area (Å²) in [4.78, 5) is 0. The largest absolute Gasteiger partial charge is 0.491 e. The maximum Gasteiger partial charge on any atom is 0.119 e. The van der Waals surface area contributed by atoms with Crippen LogP contribution in [-0.2, 0) is 0 Å². The van der Waals surface area contributed by atoms with Crippen molar-refractivity contribution in [1.29, 1.82) is 0 Å². The molecule has 1 atom stereocenters. The van der Waals surface area contributed by atoms with Gasteiger partial charge in [-0.2, -0.15) is 0 Å². The van der Waals surface area contributed by atoms with Crippen LogP contribution in [0.4, 0.5) is 0 Å². The molecule has 0 heterocycles. The van der Waals surface area contributed by atoms with Crippen molar-refractivity contribution < 1.29 is 4.74 Å². The predicted octanol–water partition coefficient (Wildman–Crippen LogP) is 5.44. The van der Waals surface area contributed by atoms with Crippen molar-refractivity contribution in [3.63, 3.8) is 0 Å². The van der Waals surface area contributed by atoms with Crippen molar-refractivity contribution in [1.82, 2.24) is 0 Å². The van der Waals surface area contributed by atoms with Gasteiger partial charge in [-0.05, 0) is 48.3 Å². The molecule has 0 aromatic heterocycles. The van der Waals surface area contributed by atoms with E-state index in [0.29, 0.717) is 16.7 Å². The summed E-state index contributed by atoms with van der Waals surface area (Å²) in [6.45, 7) is 13.3. The van der Waals surface area contributed by atoms with E-state index in [1.54, 1.807) is 0 Å². The molecule has 1 aromatic rings. The number of hydrogen-bond acceptors (Lipinski definition) is 1. The number of hydrogen-bond donors (Lipinski definition) is 0. The normalized spacial score (nSPS) is 22.3. The summed E-state index contributed by atoms with van der Waals surface area (Å²) in [6, 6.07) is 8.24. The first-order valence-electron chi connectivity index (χ1n) is 7.08. The summed E-state index contributed by atoms with van der Waals surface area (Å²) < 4.78 is 5.66. The fourth-order valence-corrected chi connectivity index (χ4v) is 3.95. The molecule has 2 rings (SSSR count). The number of ether oxygens (including phenoxy) is 1. The molecular formula is C17H25ClO. The molecule has 0 aliphatic heterocycles. The maximum atomic E-state index is 6.69. The first-order chi connectivity index (χ1) is 8.68. The maximum absolute atomic E-state index is 6.69. The average molecular weight is 281 g/mol. The lowest BCUT2D eigenvalue weighted by molar-refractivity contribution is 0.242. The molecule has 0 spiro atoms. The first-order valence-corrected chi connectivity index (χ1v) is 7.52. The van der Waals surface area contributed by atoms with Crippen LogP contribution in [0.25, 0.3) is 0 Å². The van der Waals surface area contributed by atoms with Crippen molar-refractivity contribution in [3.8, 4) is 5.75 Å². The van der Waals surface area contributed by atoms with E-state index in [9.17, 15) is 0 Å². The zero-order valence-corrected chi connectivity index (χ0v) is 13.6. The Morgan fingerprint density at radius 2 is 1.47 bits per heavy atom. The minimum absolute atomic E-state index is 0.0816. The highest BCUT2D eigenvalue weighted by Crippen LogP contribution is 2.73. The summed E-state index contributed by atoms with van der Waals surface area (Å²) in [7, 11) is 0. The molecule has 0 saturated heterocycles. The van der Waals surface area contributed by atoms with Crippen molar-refractivity contribution in [2.24, 2.45) is 16.7 Å². The lowest BCUT2D eigenvalue weighted by Gasteiger charge is -2.14. The molecule has 1 fully saturated rings. The standard InChI is InChI=1S/C17H25ClO/c1-11(2)19-13-9-7-12(8-10-13)14(18)15-16(3,4)17(15,5)6/h7-11,14-15H,1-6H3. The number of halogens is 1. The number of rotatable bonds is 4. The molecule has 2 heteroatoms. The van der Waals surface area contributed by atoms with Gasteiger partial charge in [-0.15, -0.1) is 11.6 Å². The summed E-state index contributed by atoms with van der Waals surface area (Å²) >= 11 is 6.69. The van der Waals surface area contributed by atoms with E-state index in [0.717, 1.165) is 5.75 Å². The Bertz CT molecular complexity index is 431. The Morgan fingerprint density at radius 3 is 1.84 bits per heavy atom. The third kappa shape index (κ3) is 2.50. The van der Waals surface area contributed by atoms with Crippen molar-refractivity contribution in [3.05, 3.63) is 29.8 Å². The summed E-state index contributed by atoms with van der Waals surface area (Å²) in [5.41, 5.74) is 1.82. The van der Waals surface area contributed by atoms with Crippen molar-refractivity contribution >= 4 is 11.6 Å². The molecule has 0 bridgehead atoms. The van der Waals surface area contributed by atoms with Crippen LogP contribution in [0.1, 0.15) is 52.5 Å². The van der Waals surface area contributed by atoms with Gasteiger partial charge in [0.2, 0.25) is 0 Å². The van der Waals surface area contributed by atoms with Gasteiger partial charge in [0.1, 0.15) is 5.75 Å². The highest BCUT2D eigenvalue weighted by atomic mass is 35.5. The minimum Gasteiger partial charge on any atom is -0.491 e. The molecule has 19 heavy (non-hydrogen) atoms. The van der Waals surface area contributed by atoms with Gasteiger partial charge >= 0.3 is 0 Å². The zero-order valence-electron chi connectivity index (χ0n) is 12.8. The van der Waals surface area contributed by atoms with E-state index in [-0.39, 0.29) is 11.5 Å². The highest BCUT2D eigenvalue weighted by molar-refractivity contribution is 6.21. The van der Waals surface area contributed by atoms with Gasteiger partial charge in [0.05, 0.1) is 11.5 Å². The van der Waals surface area contributed by atoms with Crippen LogP contribution < -0.4 is 4.74 Å². The van der Waals surface area contributed by atoms with Crippen LogP contribution in [0.3, 0.4) is 0 Å². The third-order valence-electron chi connectivity index (χ3n) is 5.00. The molecule has 1 unspecified atom stereocenters. The monoisotopic (exact) mass is 280 g/mol. The van der Waals surface area contributed by atoms with E-state index in [4.69, 9.17) is 16.3 Å². The van der Waals surface area contributed by atoms with Crippen LogP contribution in [0, 0.1) is 16.7 Å². The smallest absolute Gasteiger partial charge is 0.119 e. The molecule has 0 radical (unpaired) electrons. The van der Waals surface area contributed by atoms with Gasteiger partial charge in [0, 0.05) is 0 Å². The Labute approximate surface area is 122 Å². The van der Waals surface area contributed by atoms with Crippen molar-refractivity contribution in [2.75, 3.05) is 0 Å². The van der Waals surface area contributed by atoms with E-state index >= 15 is 0 Å². The fourth-order valence-electron chi connectivity index (χ4n) is 3.17. The Balaban J connectivity index is 2.11. The predicted molar refractivity (Wildman–Crippen MR) is 81.9 cm³/mol. The van der Waals surface area contributed by atoms with Crippen LogP contribution in [-0.4, -0.2) is 6.10 Å². The van der Waals surface area contributed by atoms with E-state index in [1.807, 2.05) is 26.0 Å². The van der Waals surface area contributed by atoms with Gasteiger partial charge in [-0.3, -0.25) is 0 Å². The van der Waals surface area contributed by atoms with Crippen LogP contribution in [0.2, 0.25) is 0 Å². The fraction of sp³-hybridized carbons (Fsp3) is 0.647. The van der Waals surface area contributed by atoms with Gasteiger partial charge in [-0.1, -0.05) is 39.8 Å². The van der Waals surface area contributed by atoms with Crippen LogP contribution >= 0.6 is 11.6 Å². The molecule has 1 nitrogen and oxygen atoms in total. The summed E-state index contributed by atoms with van der Waals surface area (Å²) in [5, 5.41) is 0.0816. The SMILES string of the molecule is CC(C)Oc1ccc(C(Cl)C2C(C)(C)C2(C)C)cc1. The van der Waals surface area contributed by atoms with Gasteiger partial charge in [0.15, 0.2) is 0 Å². The quantitative estimate of drug-likeness (QED) is 0.668. The van der Waals surface area contributed by atoms with E-state index in [2.05, 4.69) is 39.8 Å². The van der Waals surface area contributed by atoms with Crippen molar-refractivity contribution in [2.45, 2.75) is 53.0 Å². The topological polar surface area (TPSA) is 9.23 Å². The third-order valence-corrected chi connectivity index (χ3v) is 5.50. The molecule has 1 aliphatic carbocycles. The van der Waals surface area contributed by atoms with Gasteiger partial charge in [-0.25, -0.2) is 0 Å². The second kappa shape index (κ2) is 4.70. The Hall–Kier alpha value is -0.690. The second-order valence-electron chi connectivity index (χ2n) is 7.06. The molecule has 1 aliphatic rings. The Kier molecular flexibility index (Phi) is 3.64. The number of benzene rings is 1. The molecule has 1 aromatic carbocycles. The number of alkyl halides is 1. The minimum atomic E-state index is 0.0816. The summed E-state index contributed by atoms with van der Waals surface area (Å²) in [5.74, 6) is 1.44. The molecule has 106 valence electrons. The first kappa shape index (κ1) is 14.7.